The predicted molar refractivity (Wildman–Crippen MR) is 629 cm³/mol. The molecule has 2 N–H and O–H groups in total. The maximum Gasteiger partial charge on any atom is 0.240 e. The summed E-state index contributed by atoms with van der Waals surface area (Å²) >= 11 is 3.65. The summed E-state index contributed by atoms with van der Waals surface area (Å²) in [7, 11) is 5.37. The van der Waals surface area contributed by atoms with Gasteiger partial charge in [-0.3, -0.25) is 14.6 Å². The molecule has 16 aromatic rings. The van der Waals surface area contributed by atoms with E-state index in [-0.39, 0.29) is 61.7 Å². The smallest absolute Gasteiger partial charge is 0.240 e. The van der Waals surface area contributed by atoms with Crippen LogP contribution in [0.2, 0.25) is 18.6 Å². The Balaban J connectivity index is 0.000000146. The van der Waals surface area contributed by atoms with Gasteiger partial charge >= 0.3 is 136 Å². The third kappa shape index (κ3) is 34.1. The van der Waals surface area contributed by atoms with Gasteiger partial charge in [-0.25, -0.2) is 19.9 Å². The zero-order valence-corrected chi connectivity index (χ0v) is 96.1. The molecular weight excluding hydrogens is 2130 g/mol. The second-order valence-corrected chi connectivity index (χ2v) is 60.2. The van der Waals surface area contributed by atoms with Crippen molar-refractivity contribution < 1.29 is 49.0 Å². The fourth-order valence-corrected chi connectivity index (χ4v) is 43.7. The molecule has 0 radical (unpaired) electrons. The normalized spacial score (nSPS) is 14.5. The molecule has 12 aromatic carbocycles. The average Bonchev–Trinajstić information content (AvgIpc) is 1.68. The van der Waals surface area contributed by atoms with Gasteiger partial charge in [0.2, 0.25) is 17.1 Å². The quantitative estimate of drug-likeness (QED) is 0.0225. The van der Waals surface area contributed by atoms with Gasteiger partial charge < -0.3 is 34.6 Å². The van der Waals surface area contributed by atoms with Gasteiger partial charge in [0.15, 0.2) is 5.82 Å². The summed E-state index contributed by atoms with van der Waals surface area (Å²) in [5, 5.41) is 23.2. The molecular formula is C126H141ClN10O6P4PdSn. The minimum Gasteiger partial charge on any atom is -0.497 e. The Hall–Kier alpha value is -11.4. The minimum atomic E-state index is -2.35. The molecule has 16 nitrogen and oxygen atoms in total. The topological polar surface area (TPSA) is 179 Å². The molecule has 20 rings (SSSR count). The number of aromatic nitrogens is 6. The van der Waals surface area contributed by atoms with E-state index in [0.717, 1.165) is 91.3 Å². The molecule has 4 aliphatic rings. The van der Waals surface area contributed by atoms with Crippen molar-refractivity contribution in [1.29, 1.82) is 0 Å². The van der Waals surface area contributed by atoms with Gasteiger partial charge in [0.25, 0.3) is 0 Å². The number of anilines is 2. The number of likely N-dealkylation sites (N-methyl/N-ethyl adjacent to an activating group) is 2. The van der Waals surface area contributed by atoms with Gasteiger partial charge in [-0.2, -0.15) is 0 Å². The number of nitrogens with one attached hydrogen (secondary N) is 2. The summed E-state index contributed by atoms with van der Waals surface area (Å²) in [4.78, 5) is 56.1. The van der Waals surface area contributed by atoms with Crippen LogP contribution < -0.4 is 97.3 Å². The van der Waals surface area contributed by atoms with Crippen LogP contribution in [0.1, 0.15) is 121 Å². The van der Waals surface area contributed by atoms with Crippen molar-refractivity contribution in [2.24, 2.45) is 0 Å². The third-order valence-electron chi connectivity index (χ3n) is 26.5. The maximum absolute atomic E-state index is 12.6. The van der Waals surface area contributed by atoms with Gasteiger partial charge in [-0.15, -0.1) is 0 Å². The summed E-state index contributed by atoms with van der Waals surface area (Å²) in [5.41, 5.74) is 4.41. The van der Waals surface area contributed by atoms with Crippen molar-refractivity contribution in [3.05, 3.63) is 428 Å². The second-order valence-electron chi connectivity index (χ2n) is 37.9. The number of methoxy groups -OCH3 is 2. The Morgan fingerprint density at radius 2 is 0.638 bits per heavy atom. The number of nitrogens with zero attached hydrogens (tertiary/aromatic N) is 8. The van der Waals surface area contributed by atoms with Gasteiger partial charge in [-0.1, -0.05) is 364 Å². The molecule has 6 heterocycles. The van der Waals surface area contributed by atoms with Crippen molar-refractivity contribution >= 4 is 152 Å². The number of hydrogen-bond acceptors (Lipinski definition) is 14. The first-order valence-electron chi connectivity index (χ1n) is 51.9. The van der Waals surface area contributed by atoms with E-state index in [1.54, 1.807) is 26.5 Å². The molecule has 149 heavy (non-hydrogen) atoms. The summed E-state index contributed by atoms with van der Waals surface area (Å²) in [6.07, 6.45) is 19.2. The van der Waals surface area contributed by atoms with Crippen molar-refractivity contribution in [3.8, 4) is 23.0 Å². The summed E-state index contributed by atoms with van der Waals surface area (Å²) < 4.78 is 27.4. The number of carbonyl (C=O) groups is 2. The molecule has 2 aliphatic carbocycles. The Bertz CT molecular complexity index is 5760. The molecule has 0 bridgehead atoms. The standard InChI is InChI=1S/C21H27N5O3.4C18H15P.C15H21ClN4O2.C6H6NO.3C4H9.Pd.Sn/c1-21(8-10-29-13-21)25-18(27)12-26(2)20-15-5-4-6-16(15)23-19(24-20)17-11-14(28-3)7-9-22-17;4*1-4-10-16(11-5-1)19(17-12-6-2-7-13-17)18-14-8-3-9-15-18;1-15(6-7-22-9-15)19-12(21)8-20(2)13-10-4-3-5-11(10)17-14(16)18-13;1-8-6-2-4-7-5-3-6;3*1-3-4-2;;/h7,9,11H,4-6,8,10,12-13H2,1-3H3,(H,25,27);4*1-15H;3-9H2,1-2H3,(H,19,21);2-4H,1H3;3*1,3-4H2,2H3;;. The van der Waals surface area contributed by atoms with E-state index in [1.807, 2.05) is 56.1 Å². The van der Waals surface area contributed by atoms with Crippen LogP contribution >= 0.6 is 43.3 Å². The SMILES string of the molecule is CCC[CH2][Sn]([CH2]CCC)([CH2]CCC)[c]1cc(OC)ccn1.CN(CC(=O)NC1(C)CCOC1)c1nc(Cl)nc2c1CCC2.COc1ccnc(-c2nc3c(c(N(C)CC(=O)NC4(C)CCOC4)n2)CCC3)c1.[Pd].c1ccc(P(c2ccccc2)c2ccccc2)cc1.c1ccc(P(c2ccccc2)c2ccccc2)cc1.c1ccc(P(c2ccccc2)c2ccccc2)cc1.c1ccc(P(c2ccccc2)c2ccccc2)cc1. The van der Waals surface area contributed by atoms with Crippen molar-refractivity contribution in [2.45, 2.75) is 149 Å². The first kappa shape index (κ1) is 115. The summed E-state index contributed by atoms with van der Waals surface area (Å²) in [6.45, 7) is 13.9. The molecule has 2 saturated heterocycles. The van der Waals surface area contributed by atoms with E-state index in [0.29, 0.717) is 43.7 Å². The molecule has 0 spiro atoms. The minimum absolute atomic E-state index is 0. The van der Waals surface area contributed by atoms with Crippen LogP contribution in [-0.4, -0.2) is 139 Å². The zero-order chi connectivity index (χ0) is 103. The van der Waals surface area contributed by atoms with Crippen molar-refractivity contribution in [3.63, 3.8) is 0 Å². The van der Waals surface area contributed by atoms with Crippen LogP contribution in [0.4, 0.5) is 11.6 Å². The maximum atomic E-state index is 12.6. The van der Waals surface area contributed by atoms with Crippen LogP contribution in [0.5, 0.6) is 11.5 Å². The van der Waals surface area contributed by atoms with Gasteiger partial charge in [0.05, 0.1) is 50.2 Å². The molecule has 2 fully saturated rings. The van der Waals surface area contributed by atoms with Crippen molar-refractivity contribution in [2.75, 3.05) is 77.6 Å². The first-order chi connectivity index (χ1) is 72.5. The summed E-state index contributed by atoms with van der Waals surface area (Å²) in [6, 6.07) is 137. The number of benzene rings is 12. The third-order valence-corrected chi connectivity index (χ3v) is 51.6. The molecule has 23 heteroatoms. The molecule has 2 atom stereocenters. The van der Waals surface area contributed by atoms with E-state index in [1.165, 1.54) is 119 Å². The molecule has 2 unspecified atom stereocenters. The largest absolute Gasteiger partial charge is 0.497 e. The van der Waals surface area contributed by atoms with E-state index in [9.17, 15) is 9.59 Å². The van der Waals surface area contributed by atoms with Gasteiger partial charge in [-0.05, 0) is 178 Å². The number of fused-ring (bicyclic) bond motifs is 2. The molecule has 4 aromatic heterocycles. The van der Waals surface area contributed by atoms with Crippen LogP contribution in [0, 0.1) is 0 Å². The Morgan fingerprint density at radius 1 is 0.369 bits per heavy atom. The van der Waals surface area contributed by atoms with E-state index >= 15 is 0 Å². The molecule has 2 aliphatic heterocycles. The van der Waals surface area contributed by atoms with Crippen LogP contribution in [0.15, 0.2) is 401 Å². The van der Waals surface area contributed by atoms with E-state index < -0.39 is 50.1 Å². The number of ether oxygens (including phenoxy) is 4. The summed E-state index contributed by atoms with van der Waals surface area (Å²) in [5.74, 6) is 3.77. The number of hydrogen-bond donors (Lipinski definition) is 2. The Kier molecular flexibility index (Phi) is 46.7. The fraction of sp³-hybridized carbons (Fsp3) is 0.270. The Labute approximate surface area is 912 Å². The fourth-order valence-electron chi connectivity index (χ4n) is 18.9. The van der Waals surface area contributed by atoms with E-state index in [4.69, 9.17) is 45.5 Å². The number of pyridine rings is 2. The Morgan fingerprint density at radius 3 is 0.906 bits per heavy atom. The molecule has 772 valence electrons. The zero-order valence-electron chi connectivity index (χ0n) is 87.4. The van der Waals surface area contributed by atoms with Crippen LogP contribution in [0.3, 0.4) is 0 Å². The van der Waals surface area contributed by atoms with Crippen LogP contribution in [0.25, 0.3) is 11.5 Å². The number of halogens is 1. The molecule has 0 saturated carbocycles. The monoisotopic (exact) mass is 2270 g/mol. The number of carbonyl (C=O) groups excluding carboxylic acids is 2. The van der Waals surface area contributed by atoms with Gasteiger partial charge in [0.1, 0.15) is 23.1 Å². The first-order valence-corrected chi connectivity index (χ1v) is 65.2. The number of amides is 2. The van der Waals surface area contributed by atoms with E-state index in [2.05, 4.69) is 416 Å². The number of aryl methyl sites for hydroxylation is 2. The van der Waals surface area contributed by atoms with Crippen LogP contribution in [-0.2, 0) is 65.2 Å². The average molecular weight is 2280 g/mol. The molecule has 2 amide bonds. The second kappa shape index (κ2) is 60.6. The number of rotatable bonds is 33. The predicted octanol–water partition coefficient (Wildman–Crippen LogP) is 22.0. The number of unbranched alkanes of at least 4 members (excludes halogenated alkanes) is 3. The van der Waals surface area contributed by atoms with Crippen molar-refractivity contribution in [1.82, 2.24) is 40.5 Å². The van der Waals surface area contributed by atoms with Gasteiger partial charge in [0, 0.05) is 76.8 Å².